The first-order valence-electron chi connectivity index (χ1n) is 6.38. The lowest BCUT2D eigenvalue weighted by atomic mass is 10.2. The highest BCUT2D eigenvalue weighted by molar-refractivity contribution is 5.16. The Balaban J connectivity index is 1.51. The average Bonchev–Trinajstić information content (AvgIpc) is 2.76. The van der Waals surface area contributed by atoms with Crippen molar-refractivity contribution in [3.63, 3.8) is 0 Å². The van der Waals surface area contributed by atoms with Crippen molar-refractivity contribution in [1.29, 1.82) is 0 Å². The van der Waals surface area contributed by atoms with Gasteiger partial charge in [0.2, 0.25) is 0 Å². The molecule has 1 aromatic rings. The third-order valence-corrected chi connectivity index (χ3v) is 3.96. The molecule has 1 aliphatic carbocycles. The van der Waals surface area contributed by atoms with Gasteiger partial charge in [0.25, 0.3) is 0 Å². The van der Waals surface area contributed by atoms with Crippen LogP contribution in [0.4, 0.5) is 0 Å². The number of hydrogen-bond acceptors (Lipinski definition) is 2. The molecule has 2 aliphatic rings. The van der Waals surface area contributed by atoms with Gasteiger partial charge in [-0.1, -0.05) is 37.3 Å². The van der Waals surface area contributed by atoms with E-state index in [0.29, 0.717) is 0 Å². The summed E-state index contributed by atoms with van der Waals surface area (Å²) >= 11 is 0. The molecular weight excluding hydrogens is 196 g/mol. The van der Waals surface area contributed by atoms with Gasteiger partial charge in [-0.05, 0) is 23.9 Å². The van der Waals surface area contributed by atoms with E-state index in [2.05, 4.69) is 47.5 Å². The van der Waals surface area contributed by atoms with Gasteiger partial charge in [-0.25, -0.2) is 0 Å². The lowest BCUT2D eigenvalue weighted by Crippen LogP contribution is -2.30. The van der Waals surface area contributed by atoms with Crippen LogP contribution in [0, 0.1) is 11.8 Å². The van der Waals surface area contributed by atoms with Crippen molar-refractivity contribution in [2.75, 3.05) is 19.6 Å². The van der Waals surface area contributed by atoms with E-state index in [9.17, 15) is 0 Å². The van der Waals surface area contributed by atoms with Gasteiger partial charge in [0, 0.05) is 25.7 Å². The van der Waals surface area contributed by atoms with Gasteiger partial charge in [0.15, 0.2) is 0 Å². The summed E-state index contributed by atoms with van der Waals surface area (Å²) in [6.07, 6.45) is 0. The topological polar surface area (TPSA) is 15.3 Å². The van der Waals surface area contributed by atoms with Gasteiger partial charge in [0.05, 0.1) is 0 Å². The fraction of sp³-hybridized carbons (Fsp3) is 0.571. The first-order valence-corrected chi connectivity index (χ1v) is 6.38. The van der Waals surface area contributed by atoms with E-state index in [1.807, 2.05) is 0 Å². The molecule has 1 aromatic carbocycles. The second kappa shape index (κ2) is 4.19. The Morgan fingerprint density at radius 1 is 1.19 bits per heavy atom. The van der Waals surface area contributed by atoms with Crippen LogP contribution in [-0.4, -0.2) is 30.6 Å². The Bertz CT molecular complexity index is 337. The molecule has 1 heterocycles. The summed E-state index contributed by atoms with van der Waals surface area (Å²) in [4.78, 5) is 2.60. The fourth-order valence-electron chi connectivity index (χ4n) is 3.12. The Morgan fingerprint density at radius 2 is 1.88 bits per heavy atom. The van der Waals surface area contributed by atoms with Crippen molar-refractivity contribution in [3.8, 4) is 0 Å². The SMILES string of the molecule is CCNC1C2CN(Cc3ccccc3)CC21. The molecule has 0 aromatic heterocycles. The summed E-state index contributed by atoms with van der Waals surface area (Å²) in [7, 11) is 0. The molecular formula is C14H20N2. The van der Waals surface area contributed by atoms with Crippen LogP contribution < -0.4 is 5.32 Å². The van der Waals surface area contributed by atoms with Crippen LogP contribution >= 0.6 is 0 Å². The standard InChI is InChI=1S/C14H20N2/c1-2-15-14-12-9-16(10-13(12)14)8-11-6-4-3-5-7-11/h3-7,12-15H,2,8-10H2,1H3. The molecule has 2 fully saturated rings. The second-order valence-electron chi connectivity index (χ2n) is 5.09. The van der Waals surface area contributed by atoms with Crippen molar-refractivity contribution >= 4 is 0 Å². The maximum atomic E-state index is 3.58. The van der Waals surface area contributed by atoms with Gasteiger partial charge in [-0.2, -0.15) is 0 Å². The quantitative estimate of drug-likeness (QED) is 0.824. The molecule has 0 bridgehead atoms. The predicted octanol–water partition coefficient (Wildman–Crippen LogP) is 1.73. The van der Waals surface area contributed by atoms with E-state index >= 15 is 0 Å². The van der Waals surface area contributed by atoms with Crippen molar-refractivity contribution in [2.24, 2.45) is 11.8 Å². The summed E-state index contributed by atoms with van der Waals surface area (Å²) in [5, 5.41) is 3.58. The molecule has 2 nitrogen and oxygen atoms in total. The van der Waals surface area contributed by atoms with Crippen LogP contribution in [0.2, 0.25) is 0 Å². The number of hydrogen-bond donors (Lipinski definition) is 1. The number of fused-ring (bicyclic) bond motifs is 1. The number of benzene rings is 1. The van der Waals surface area contributed by atoms with Gasteiger partial charge >= 0.3 is 0 Å². The third-order valence-electron chi connectivity index (χ3n) is 3.96. The molecule has 1 aliphatic heterocycles. The zero-order valence-electron chi connectivity index (χ0n) is 9.89. The molecule has 1 saturated heterocycles. The second-order valence-corrected chi connectivity index (χ2v) is 5.09. The molecule has 16 heavy (non-hydrogen) atoms. The van der Waals surface area contributed by atoms with Gasteiger partial charge in [-0.3, -0.25) is 4.90 Å². The third kappa shape index (κ3) is 1.87. The maximum absolute atomic E-state index is 3.58. The normalized spacial score (nSPS) is 32.7. The highest BCUT2D eigenvalue weighted by atomic mass is 15.2. The minimum Gasteiger partial charge on any atom is -0.314 e. The molecule has 0 amide bonds. The molecule has 0 radical (unpaired) electrons. The van der Waals surface area contributed by atoms with Crippen molar-refractivity contribution in [3.05, 3.63) is 35.9 Å². The van der Waals surface area contributed by atoms with Gasteiger partial charge in [-0.15, -0.1) is 0 Å². The number of likely N-dealkylation sites (tertiary alicyclic amines) is 1. The van der Waals surface area contributed by atoms with E-state index < -0.39 is 0 Å². The van der Waals surface area contributed by atoms with Crippen molar-refractivity contribution < 1.29 is 0 Å². The van der Waals surface area contributed by atoms with Crippen LogP contribution in [0.5, 0.6) is 0 Å². The summed E-state index contributed by atoms with van der Waals surface area (Å²) < 4.78 is 0. The lowest BCUT2D eigenvalue weighted by Gasteiger charge is -2.19. The lowest BCUT2D eigenvalue weighted by molar-refractivity contribution is 0.283. The molecule has 1 saturated carbocycles. The zero-order chi connectivity index (χ0) is 11.0. The first-order chi connectivity index (χ1) is 7.88. The smallest absolute Gasteiger partial charge is 0.0233 e. The Kier molecular flexibility index (Phi) is 2.70. The summed E-state index contributed by atoms with van der Waals surface area (Å²) in [6, 6.07) is 11.6. The molecule has 2 atom stereocenters. The van der Waals surface area contributed by atoms with Crippen LogP contribution in [0.25, 0.3) is 0 Å². The zero-order valence-corrected chi connectivity index (χ0v) is 9.89. The van der Waals surface area contributed by atoms with Crippen LogP contribution in [0.3, 0.4) is 0 Å². The minimum absolute atomic E-state index is 0.831. The van der Waals surface area contributed by atoms with E-state index in [0.717, 1.165) is 31.0 Å². The van der Waals surface area contributed by atoms with E-state index in [4.69, 9.17) is 0 Å². The Hall–Kier alpha value is -0.860. The van der Waals surface area contributed by atoms with E-state index in [-0.39, 0.29) is 0 Å². The summed E-state index contributed by atoms with van der Waals surface area (Å²) in [6.45, 7) is 7.03. The number of piperidine rings is 1. The monoisotopic (exact) mass is 216 g/mol. The highest BCUT2D eigenvalue weighted by Gasteiger charge is 2.54. The highest BCUT2D eigenvalue weighted by Crippen LogP contribution is 2.45. The van der Waals surface area contributed by atoms with Crippen LogP contribution in [0.15, 0.2) is 30.3 Å². The van der Waals surface area contributed by atoms with Crippen molar-refractivity contribution in [1.82, 2.24) is 10.2 Å². The molecule has 86 valence electrons. The van der Waals surface area contributed by atoms with Gasteiger partial charge < -0.3 is 5.32 Å². The van der Waals surface area contributed by atoms with Gasteiger partial charge in [0.1, 0.15) is 0 Å². The maximum Gasteiger partial charge on any atom is 0.0233 e. The summed E-state index contributed by atoms with van der Waals surface area (Å²) in [5.74, 6) is 1.87. The van der Waals surface area contributed by atoms with E-state index in [1.165, 1.54) is 18.7 Å². The molecule has 2 unspecified atom stereocenters. The molecule has 1 N–H and O–H groups in total. The predicted molar refractivity (Wildman–Crippen MR) is 66.2 cm³/mol. The Morgan fingerprint density at radius 3 is 2.50 bits per heavy atom. The van der Waals surface area contributed by atoms with Crippen LogP contribution in [-0.2, 0) is 6.54 Å². The van der Waals surface area contributed by atoms with Crippen molar-refractivity contribution in [2.45, 2.75) is 19.5 Å². The number of rotatable bonds is 4. The van der Waals surface area contributed by atoms with E-state index in [1.54, 1.807) is 0 Å². The average molecular weight is 216 g/mol. The molecule has 3 rings (SSSR count). The summed E-state index contributed by atoms with van der Waals surface area (Å²) in [5.41, 5.74) is 1.45. The number of nitrogens with zero attached hydrogens (tertiary/aromatic N) is 1. The first kappa shape index (κ1) is 10.3. The minimum atomic E-state index is 0.831. The number of nitrogens with one attached hydrogen (secondary N) is 1. The fourth-order valence-corrected chi connectivity index (χ4v) is 3.12. The van der Waals surface area contributed by atoms with Crippen LogP contribution in [0.1, 0.15) is 12.5 Å². The largest absolute Gasteiger partial charge is 0.314 e. The molecule has 2 heteroatoms. The molecule has 0 spiro atoms. The Labute approximate surface area is 97.6 Å².